The zero-order valence-electron chi connectivity index (χ0n) is 15.1. The molecule has 0 unspecified atom stereocenters. The monoisotopic (exact) mass is 326 g/mol. The second-order valence-corrected chi connectivity index (χ2v) is 6.88. The summed E-state index contributed by atoms with van der Waals surface area (Å²) >= 11 is 0. The van der Waals surface area contributed by atoms with E-state index < -0.39 is 0 Å². The minimum Gasteiger partial charge on any atom is -0.334 e. The van der Waals surface area contributed by atoms with Crippen molar-refractivity contribution in [2.24, 2.45) is 0 Å². The first-order valence-corrected chi connectivity index (χ1v) is 9.22. The molecule has 4 nitrogen and oxygen atoms in total. The van der Waals surface area contributed by atoms with E-state index in [1.165, 1.54) is 37.3 Å². The highest BCUT2D eigenvalue weighted by Gasteiger charge is 2.23. The Bertz CT molecular complexity index is 607. The van der Waals surface area contributed by atoms with E-state index >= 15 is 0 Å². The summed E-state index contributed by atoms with van der Waals surface area (Å²) in [4.78, 5) is 9.64. The first-order chi connectivity index (χ1) is 11.8. The summed E-state index contributed by atoms with van der Waals surface area (Å²) < 4.78 is 2.24. The maximum Gasteiger partial charge on any atom is 0.122 e. The number of nitrogens with zero attached hydrogens (tertiary/aromatic N) is 4. The molecule has 2 heterocycles. The molecule has 0 amide bonds. The maximum absolute atomic E-state index is 4.52. The molecule has 1 aromatic heterocycles. The number of piperidine rings is 1. The van der Waals surface area contributed by atoms with Crippen molar-refractivity contribution in [3.05, 3.63) is 54.1 Å². The van der Waals surface area contributed by atoms with Crippen molar-refractivity contribution >= 4 is 0 Å². The number of hydrogen-bond acceptors (Lipinski definition) is 3. The summed E-state index contributed by atoms with van der Waals surface area (Å²) in [5, 5.41) is 0. The van der Waals surface area contributed by atoms with Gasteiger partial charge in [-0.1, -0.05) is 30.3 Å². The van der Waals surface area contributed by atoms with Gasteiger partial charge in [0, 0.05) is 38.1 Å². The number of rotatable bonds is 7. The summed E-state index contributed by atoms with van der Waals surface area (Å²) in [6.45, 7) is 7.70. The predicted molar refractivity (Wildman–Crippen MR) is 99.0 cm³/mol. The highest BCUT2D eigenvalue weighted by Crippen LogP contribution is 2.17. The molecular weight excluding hydrogens is 296 g/mol. The van der Waals surface area contributed by atoms with Crippen LogP contribution in [0.2, 0.25) is 0 Å². The van der Waals surface area contributed by atoms with E-state index in [1.54, 1.807) is 0 Å². The smallest absolute Gasteiger partial charge is 0.122 e. The fourth-order valence-electron chi connectivity index (χ4n) is 3.66. The SMILES string of the molecule is CCn1ccnc1CN(C)[C@@H]1CCCN(CCc2ccccc2)C1. The Hall–Kier alpha value is -1.65. The predicted octanol–water partition coefficient (Wildman–Crippen LogP) is 3.04. The molecule has 3 rings (SSSR count). The van der Waals surface area contributed by atoms with E-state index in [-0.39, 0.29) is 0 Å². The number of likely N-dealkylation sites (N-methyl/N-ethyl adjacent to an activating group) is 1. The molecule has 2 aromatic rings. The van der Waals surface area contributed by atoms with Crippen molar-refractivity contribution in [3.63, 3.8) is 0 Å². The molecule has 0 saturated carbocycles. The summed E-state index contributed by atoms with van der Waals surface area (Å²) in [6, 6.07) is 11.5. The van der Waals surface area contributed by atoms with Crippen LogP contribution in [-0.2, 0) is 19.5 Å². The number of aromatic nitrogens is 2. The quantitative estimate of drug-likeness (QED) is 0.781. The number of likely N-dealkylation sites (tertiary alicyclic amines) is 1. The maximum atomic E-state index is 4.52. The lowest BCUT2D eigenvalue weighted by Crippen LogP contribution is -2.46. The van der Waals surface area contributed by atoms with Gasteiger partial charge in [-0.15, -0.1) is 0 Å². The van der Waals surface area contributed by atoms with Crippen molar-refractivity contribution < 1.29 is 0 Å². The molecule has 1 fully saturated rings. The van der Waals surface area contributed by atoms with E-state index in [2.05, 4.69) is 69.9 Å². The van der Waals surface area contributed by atoms with Crippen molar-refractivity contribution in [1.82, 2.24) is 19.4 Å². The highest BCUT2D eigenvalue weighted by atomic mass is 15.2. The Labute approximate surface area is 146 Å². The molecular formula is C20H30N4. The summed E-state index contributed by atoms with van der Waals surface area (Å²) in [5.41, 5.74) is 1.44. The van der Waals surface area contributed by atoms with Crippen LogP contribution in [0.15, 0.2) is 42.7 Å². The lowest BCUT2D eigenvalue weighted by atomic mass is 10.0. The number of benzene rings is 1. The third kappa shape index (κ3) is 4.46. The molecule has 24 heavy (non-hydrogen) atoms. The summed E-state index contributed by atoms with van der Waals surface area (Å²) in [7, 11) is 2.25. The largest absolute Gasteiger partial charge is 0.334 e. The second-order valence-electron chi connectivity index (χ2n) is 6.88. The van der Waals surface area contributed by atoms with Crippen LogP contribution in [0.25, 0.3) is 0 Å². The van der Waals surface area contributed by atoms with Gasteiger partial charge >= 0.3 is 0 Å². The van der Waals surface area contributed by atoms with Crippen LogP contribution in [0.5, 0.6) is 0 Å². The van der Waals surface area contributed by atoms with Gasteiger partial charge in [0.05, 0.1) is 6.54 Å². The van der Waals surface area contributed by atoms with Crippen LogP contribution in [0.1, 0.15) is 31.2 Å². The van der Waals surface area contributed by atoms with Gasteiger partial charge in [-0.3, -0.25) is 4.90 Å². The molecule has 0 radical (unpaired) electrons. The molecule has 4 heteroatoms. The molecule has 1 aliphatic rings. The van der Waals surface area contributed by atoms with Gasteiger partial charge in [0.2, 0.25) is 0 Å². The molecule has 0 spiro atoms. The lowest BCUT2D eigenvalue weighted by molar-refractivity contribution is 0.110. The average Bonchev–Trinajstić information content (AvgIpc) is 3.08. The van der Waals surface area contributed by atoms with Gasteiger partial charge in [0.25, 0.3) is 0 Å². The van der Waals surface area contributed by atoms with E-state index in [4.69, 9.17) is 0 Å². The topological polar surface area (TPSA) is 24.3 Å². The minimum atomic E-state index is 0.636. The molecule has 1 saturated heterocycles. The van der Waals surface area contributed by atoms with E-state index in [0.717, 1.165) is 26.1 Å². The van der Waals surface area contributed by atoms with E-state index in [0.29, 0.717) is 6.04 Å². The molecule has 0 N–H and O–H groups in total. The standard InChI is InChI=1S/C20H30N4/c1-3-24-15-12-21-20(24)17-22(2)19-10-7-13-23(16-19)14-11-18-8-5-4-6-9-18/h4-6,8-9,12,15,19H,3,7,10-11,13-14,16-17H2,1-2H3/t19-/m1/s1. The molecule has 130 valence electrons. The van der Waals surface area contributed by atoms with Gasteiger partial charge < -0.3 is 9.47 Å². The zero-order valence-corrected chi connectivity index (χ0v) is 15.1. The van der Waals surface area contributed by atoms with Crippen molar-refractivity contribution in [3.8, 4) is 0 Å². The van der Waals surface area contributed by atoms with Gasteiger partial charge in [-0.25, -0.2) is 4.98 Å². The number of hydrogen-bond donors (Lipinski definition) is 0. The minimum absolute atomic E-state index is 0.636. The molecule has 1 aromatic carbocycles. The van der Waals surface area contributed by atoms with Crippen LogP contribution in [0.3, 0.4) is 0 Å². The highest BCUT2D eigenvalue weighted by molar-refractivity contribution is 5.14. The Morgan fingerprint density at radius 1 is 1.25 bits per heavy atom. The third-order valence-corrected chi connectivity index (χ3v) is 5.20. The van der Waals surface area contributed by atoms with Crippen LogP contribution in [0.4, 0.5) is 0 Å². The van der Waals surface area contributed by atoms with Crippen LogP contribution >= 0.6 is 0 Å². The van der Waals surface area contributed by atoms with Crippen molar-refractivity contribution in [1.29, 1.82) is 0 Å². The van der Waals surface area contributed by atoms with Gasteiger partial charge in [-0.2, -0.15) is 0 Å². The average molecular weight is 326 g/mol. The number of imidazole rings is 1. The lowest BCUT2D eigenvalue weighted by Gasteiger charge is -2.37. The third-order valence-electron chi connectivity index (χ3n) is 5.20. The van der Waals surface area contributed by atoms with E-state index in [1.807, 2.05) is 6.20 Å². The van der Waals surface area contributed by atoms with Crippen LogP contribution in [0, 0.1) is 0 Å². The van der Waals surface area contributed by atoms with E-state index in [9.17, 15) is 0 Å². The first-order valence-electron chi connectivity index (χ1n) is 9.22. The fourth-order valence-corrected chi connectivity index (χ4v) is 3.66. The second kappa shape index (κ2) is 8.45. The molecule has 1 aliphatic heterocycles. The summed E-state index contributed by atoms with van der Waals surface area (Å²) in [5.74, 6) is 1.18. The van der Waals surface area contributed by atoms with Crippen LogP contribution < -0.4 is 0 Å². The van der Waals surface area contributed by atoms with Crippen molar-refractivity contribution in [2.45, 2.75) is 45.3 Å². The van der Waals surface area contributed by atoms with Gasteiger partial charge in [-0.05, 0) is 45.3 Å². The Kier molecular flexibility index (Phi) is 6.05. The summed E-state index contributed by atoms with van der Waals surface area (Å²) in [6.07, 6.45) is 7.74. The van der Waals surface area contributed by atoms with Gasteiger partial charge in [0.1, 0.15) is 5.82 Å². The molecule has 0 aliphatic carbocycles. The van der Waals surface area contributed by atoms with Gasteiger partial charge in [0.15, 0.2) is 0 Å². The fraction of sp³-hybridized carbons (Fsp3) is 0.550. The Morgan fingerprint density at radius 3 is 2.88 bits per heavy atom. The van der Waals surface area contributed by atoms with Crippen molar-refractivity contribution in [2.75, 3.05) is 26.7 Å². The number of aryl methyl sites for hydroxylation is 1. The molecule has 0 bridgehead atoms. The molecule has 1 atom stereocenters. The van der Waals surface area contributed by atoms with Crippen LogP contribution in [-0.4, -0.2) is 52.1 Å². The Morgan fingerprint density at radius 2 is 2.08 bits per heavy atom. The Balaban J connectivity index is 1.51. The zero-order chi connectivity index (χ0) is 16.8. The first kappa shape index (κ1) is 17.2. The normalized spacial score (nSPS) is 19.0.